The number of aryl methyl sites for hydroxylation is 2. The van der Waals surface area contributed by atoms with Crippen LogP contribution in [-0.2, 0) is 6.54 Å². The van der Waals surface area contributed by atoms with Crippen LogP contribution in [0.15, 0.2) is 24.7 Å². The van der Waals surface area contributed by atoms with Gasteiger partial charge in [0.25, 0.3) is 0 Å². The molecule has 0 spiro atoms. The zero-order chi connectivity index (χ0) is 15.7. The van der Waals surface area contributed by atoms with E-state index in [0.29, 0.717) is 5.92 Å². The number of pyridine rings is 1. The summed E-state index contributed by atoms with van der Waals surface area (Å²) in [6.07, 6.45) is 6.60. The summed E-state index contributed by atoms with van der Waals surface area (Å²) in [6.45, 7) is 9.34. The van der Waals surface area contributed by atoms with E-state index >= 15 is 0 Å². The van der Waals surface area contributed by atoms with E-state index in [1.807, 2.05) is 23.3 Å². The molecule has 0 bridgehead atoms. The quantitative estimate of drug-likeness (QED) is 0.736. The zero-order valence-corrected chi connectivity index (χ0v) is 13.5. The number of fused-ring (bicyclic) bond motifs is 1. The molecule has 0 amide bonds. The van der Waals surface area contributed by atoms with Gasteiger partial charge < -0.3 is 0 Å². The van der Waals surface area contributed by atoms with E-state index in [-0.39, 0.29) is 0 Å². The maximum Gasteiger partial charge on any atom is 0.130 e. The van der Waals surface area contributed by atoms with Crippen molar-refractivity contribution in [2.75, 3.05) is 0 Å². The van der Waals surface area contributed by atoms with Gasteiger partial charge in [0.2, 0.25) is 0 Å². The molecule has 0 aliphatic carbocycles. The third-order valence-electron chi connectivity index (χ3n) is 3.71. The lowest BCUT2D eigenvalue weighted by molar-refractivity contribution is 0.621. The summed E-state index contributed by atoms with van der Waals surface area (Å²) in [4.78, 5) is 13.6. The molecule has 3 heterocycles. The Labute approximate surface area is 130 Å². The minimum absolute atomic E-state index is 0.332. The van der Waals surface area contributed by atoms with Gasteiger partial charge in [-0.05, 0) is 25.0 Å². The van der Waals surface area contributed by atoms with Gasteiger partial charge in [-0.3, -0.25) is 4.68 Å². The third kappa shape index (κ3) is 2.58. The molecule has 0 fully saturated rings. The lowest BCUT2D eigenvalue weighted by Gasteiger charge is -2.07. The highest BCUT2D eigenvalue weighted by Crippen LogP contribution is 2.24. The topological polar surface area (TPSA) is 56.5 Å². The summed E-state index contributed by atoms with van der Waals surface area (Å²) in [5.74, 6) is 1.19. The van der Waals surface area contributed by atoms with E-state index < -0.39 is 0 Å². The molecule has 5 nitrogen and oxygen atoms in total. The molecule has 0 unspecified atom stereocenters. The van der Waals surface area contributed by atoms with Crippen molar-refractivity contribution >= 4 is 11.0 Å². The number of hydrogen-bond acceptors (Lipinski definition) is 4. The summed E-state index contributed by atoms with van der Waals surface area (Å²) in [7, 11) is 0. The summed E-state index contributed by atoms with van der Waals surface area (Å²) in [6, 6.07) is 2.09. The van der Waals surface area contributed by atoms with Crippen LogP contribution in [0.4, 0.5) is 0 Å². The molecule has 3 aromatic heterocycles. The molecule has 0 radical (unpaired) electrons. The van der Waals surface area contributed by atoms with Crippen molar-refractivity contribution in [1.82, 2.24) is 24.7 Å². The second-order valence-electron chi connectivity index (χ2n) is 5.91. The highest BCUT2D eigenvalue weighted by atomic mass is 15.3. The van der Waals surface area contributed by atoms with Gasteiger partial charge in [-0.25, -0.2) is 15.0 Å². The fraction of sp³-hybridized carbons (Fsp3) is 0.412. The average Bonchev–Trinajstić information content (AvgIpc) is 2.91. The first kappa shape index (κ1) is 14.6. The van der Waals surface area contributed by atoms with Crippen LogP contribution in [-0.4, -0.2) is 24.7 Å². The van der Waals surface area contributed by atoms with Crippen molar-refractivity contribution in [3.63, 3.8) is 0 Å². The van der Waals surface area contributed by atoms with Crippen LogP contribution in [0.25, 0.3) is 22.3 Å². The summed E-state index contributed by atoms with van der Waals surface area (Å²) >= 11 is 0. The molecule has 22 heavy (non-hydrogen) atoms. The molecule has 0 saturated carbocycles. The second kappa shape index (κ2) is 5.83. The minimum Gasteiger partial charge on any atom is -0.263 e. The van der Waals surface area contributed by atoms with Crippen molar-refractivity contribution in [3.05, 3.63) is 36.0 Å². The number of rotatable bonds is 4. The molecule has 0 aliphatic rings. The molecule has 0 aromatic carbocycles. The molecular formula is C17H21N5. The van der Waals surface area contributed by atoms with E-state index in [1.165, 1.54) is 5.56 Å². The van der Waals surface area contributed by atoms with E-state index in [2.05, 4.69) is 48.8 Å². The van der Waals surface area contributed by atoms with Crippen LogP contribution < -0.4 is 0 Å². The first-order valence-corrected chi connectivity index (χ1v) is 7.75. The molecule has 3 rings (SSSR count). The predicted molar refractivity (Wildman–Crippen MR) is 87.7 cm³/mol. The monoisotopic (exact) mass is 295 g/mol. The first-order chi connectivity index (χ1) is 10.6. The number of nitrogens with zero attached hydrogens (tertiary/aromatic N) is 5. The number of aromatic nitrogens is 5. The van der Waals surface area contributed by atoms with E-state index in [0.717, 1.165) is 41.1 Å². The largest absolute Gasteiger partial charge is 0.263 e. The highest BCUT2D eigenvalue weighted by molar-refractivity contribution is 5.81. The van der Waals surface area contributed by atoms with E-state index in [4.69, 9.17) is 4.98 Å². The lowest BCUT2D eigenvalue weighted by Crippen LogP contribution is -2.01. The van der Waals surface area contributed by atoms with Crippen molar-refractivity contribution in [2.45, 2.75) is 46.6 Å². The summed E-state index contributed by atoms with van der Waals surface area (Å²) in [5, 5.41) is 4.44. The van der Waals surface area contributed by atoms with Crippen molar-refractivity contribution in [3.8, 4) is 11.3 Å². The van der Waals surface area contributed by atoms with Gasteiger partial charge in [-0.2, -0.15) is 5.10 Å². The van der Waals surface area contributed by atoms with Gasteiger partial charge in [0.05, 0.1) is 17.4 Å². The summed E-state index contributed by atoms with van der Waals surface area (Å²) in [5.41, 5.74) is 5.06. The van der Waals surface area contributed by atoms with Crippen LogP contribution in [0.3, 0.4) is 0 Å². The van der Waals surface area contributed by atoms with E-state index in [9.17, 15) is 0 Å². The molecule has 0 N–H and O–H groups in total. The molecule has 0 aliphatic heterocycles. The Bertz CT molecular complexity index is 787. The summed E-state index contributed by atoms with van der Waals surface area (Å²) < 4.78 is 2.03. The van der Waals surface area contributed by atoms with Crippen molar-refractivity contribution in [2.24, 2.45) is 0 Å². The molecular weight excluding hydrogens is 274 g/mol. The van der Waals surface area contributed by atoms with Gasteiger partial charge in [-0.15, -0.1) is 0 Å². The Morgan fingerprint density at radius 3 is 2.50 bits per heavy atom. The predicted octanol–water partition coefficient (Wildman–Crippen LogP) is 3.73. The fourth-order valence-electron chi connectivity index (χ4n) is 2.60. The van der Waals surface area contributed by atoms with Gasteiger partial charge in [0.15, 0.2) is 0 Å². The average molecular weight is 295 g/mol. The molecule has 5 heteroatoms. The van der Waals surface area contributed by atoms with E-state index in [1.54, 1.807) is 0 Å². The standard InChI is InChI=1S/C17H21N5/c1-5-6-22-16-12(4)7-14(21-15(16)10-20-22)13-8-18-17(11(2)3)19-9-13/h7-11H,5-6H2,1-4H3. The molecule has 0 saturated heterocycles. The van der Waals surface area contributed by atoms with Crippen LogP contribution in [0.1, 0.15) is 44.5 Å². The maximum atomic E-state index is 4.72. The SMILES string of the molecule is CCCn1ncc2nc(-c3cnc(C(C)C)nc3)cc(C)c21. The Morgan fingerprint density at radius 2 is 1.86 bits per heavy atom. The minimum atomic E-state index is 0.332. The Kier molecular flexibility index (Phi) is 3.88. The third-order valence-corrected chi connectivity index (χ3v) is 3.71. The lowest BCUT2D eigenvalue weighted by atomic mass is 10.1. The Balaban J connectivity index is 2.04. The normalized spacial score (nSPS) is 11.5. The van der Waals surface area contributed by atoms with Crippen LogP contribution in [0.2, 0.25) is 0 Å². The maximum absolute atomic E-state index is 4.72. The second-order valence-corrected chi connectivity index (χ2v) is 5.91. The fourth-order valence-corrected chi connectivity index (χ4v) is 2.60. The highest BCUT2D eigenvalue weighted by Gasteiger charge is 2.11. The number of hydrogen-bond donors (Lipinski definition) is 0. The van der Waals surface area contributed by atoms with Crippen molar-refractivity contribution < 1.29 is 0 Å². The van der Waals surface area contributed by atoms with Gasteiger partial charge in [0.1, 0.15) is 11.3 Å². The Morgan fingerprint density at radius 1 is 1.14 bits per heavy atom. The van der Waals surface area contributed by atoms with Gasteiger partial charge in [0, 0.05) is 30.4 Å². The van der Waals surface area contributed by atoms with Crippen LogP contribution in [0, 0.1) is 6.92 Å². The molecule has 3 aromatic rings. The smallest absolute Gasteiger partial charge is 0.130 e. The van der Waals surface area contributed by atoms with Gasteiger partial charge in [-0.1, -0.05) is 20.8 Å². The Hall–Kier alpha value is -2.30. The zero-order valence-electron chi connectivity index (χ0n) is 13.5. The molecule has 114 valence electrons. The first-order valence-electron chi connectivity index (χ1n) is 7.75. The van der Waals surface area contributed by atoms with Crippen molar-refractivity contribution in [1.29, 1.82) is 0 Å². The van der Waals surface area contributed by atoms with Crippen LogP contribution in [0.5, 0.6) is 0 Å². The van der Waals surface area contributed by atoms with Gasteiger partial charge >= 0.3 is 0 Å². The molecule has 0 atom stereocenters. The van der Waals surface area contributed by atoms with Crippen LogP contribution >= 0.6 is 0 Å².